The molecule has 246 valence electrons. The fourth-order valence-corrected chi connectivity index (χ4v) is 6.02. The van der Waals surface area contributed by atoms with Crippen LogP contribution in [0.1, 0.15) is 73.2 Å². The molecule has 45 heavy (non-hydrogen) atoms. The molecule has 4 rings (SSSR count). The Kier molecular flexibility index (Phi) is 12.1. The highest BCUT2D eigenvalue weighted by molar-refractivity contribution is 7.70. The topological polar surface area (TPSA) is 206 Å². The number of nitrogens with two attached hydrogens (primary N) is 1. The summed E-state index contributed by atoms with van der Waals surface area (Å²) in [5.74, 6) is -0.540. The van der Waals surface area contributed by atoms with Crippen LogP contribution in [0.15, 0.2) is 36.5 Å². The molecule has 6 N–H and O–H groups in total. The Hall–Kier alpha value is -4.00. The first-order chi connectivity index (χ1) is 21.1. The summed E-state index contributed by atoms with van der Waals surface area (Å²) in [6.45, 7) is 10.5. The van der Waals surface area contributed by atoms with Crippen molar-refractivity contribution in [2.45, 2.75) is 64.5 Å². The van der Waals surface area contributed by atoms with Crippen molar-refractivity contribution in [3.8, 4) is 0 Å². The maximum Gasteiger partial charge on any atom is 0.396 e. The van der Waals surface area contributed by atoms with Crippen molar-refractivity contribution in [3.63, 3.8) is 0 Å². The number of primary amides is 1. The van der Waals surface area contributed by atoms with Crippen molar-refractivity contribution in [3.05, 3.63) is 47.8 Å². The Morgan fingerprint density at radius 3 is 2.49 bits per heavy atom. The molecule has 2 atom stereocenters. The van der Waals surface area contributed by atoms with E-state index in [4.69, 9.17) is 15.5 Å². The molecule has 2 fully saturated rings. The minimum atomic E-state index is -4.81. The van der Waals surface area contributed by atoms with E-state index in [0.29, 0.717) is 49.8 Å². The zero-order valence-electron chi connectivity index (χ0n) is 26.0. The summed E-state index contributed by atoms with van der Waals surface area (Å²) in [5.41, 5.74) is 5.41. The van der Waals surface area contributed by atoms with E-state index in [2.05, 4.69) is 21.8 Å². The van der Waals surface area contributed by atoms with E-state index >= 15 is 0 Å². The van der Waals surface area contributed by atoms with Crippen LogP contribution in [0.25, 0.3) is 10.9 Å². The van der Waals surface area contributed by atoms with Gasteiger partial charge in [-0.25, -0.2) is 0 Å². The quantitative estimate of drug-likeness (QED) is 0.189. The van der Waals surface area contributed by atoms with Crippen molar-refractivity contribution in [2.75, 3.05) is 33.2 Å². The molecule has 2 unspecified atom stereocenters. The SMILES string of the molecule is C=C(C)N1CCC(=O)N2C(CCC2C(=O)N(C)CCCNC(=O)CC)CC1.NC(=O)c1cc2cc(C(=O)P(=O)(O)O)ccc2[nH]1. The van der Waals surface area contributed by atoms with E-state index in [0.717, 1.165) is 31.5 Å². The molecule has 0 aliphatic carbocycles. The van der Waals surface area contributed by atoms with Crippen molar-refractivity contribution in [1.82, 2.24) is 25.0 Å². The van der Waals surface area contributed by atoms with Gasteiger partial charge in [0.2, 0.25) is 17.7 Å². The van der Waals surface area contributed by atoms with E-state index in [-0.39, 0.29) is 41.1 Å². The Labute approximate surface area is 262 Å². The lowest BCUT2D eigenvalue weighted by Crippen LogP contribution is -2.51. The number of hydrogen-bond acceptors (Lipinski definition) is 7. The average molecular weight is 647 g/mol. The number of nitrogens with one attached hydrogen (secondary N) is 2. The Morgan fingerprint density at radius 1 is 1.16 bits per heavy atom. The van der Waals surface area contributed by atoms with Crippen LogP contribution in [-0.4, -0.2) is 104 Å². The van der Waals surface area contributed by atoms with Crippen molar-refractivity contribution in [2.24, 2.45) is 5.73 Å². The van der Waals surface area contributed by atoms with Gasteiger partial charge in [-0.1, -0.05) is 13.5 Å². The summed E-state index contributed by atoms with van der Waals surface area (Å²) < 4.78 is 10.8. The van der Waals surface area contributed by atoms with Crippen LogP contribution in [0.5, 0.6) is 0 Å². The molecular weight excluding hydrogens is 603 g/mol. The maximum atomic E-state index is 12.9. The molecular formula is C30H43N6O8P. The number of rotatable bonds is 10. The number of amides is 4. The lowest BCUT2D eigenvalue weighted by molar-refractivity contribution is -0.145. The Morgan fingerprint density at radius 2 is 1.87 bits per heavy atom. The lowest BCUT2D eigenvalue weighted by Gasteiger charge is -2.36. The van der Waals surface area contributed by atoms with E-state index in [1.165, 1.54) is 24.3 Å². The lowest BCUT2D eigenvalue weighted by atomic mass is 10.1. The van der Waals surface area contributed by atoms with Crippen LogP contribution < -0.4 is 11.1 Å². The largest absolute Gasteiger partial charge is 0.396 e. The smallest absolute Gasteiger partial charge is 0.375 e. The number of aromatic nitrogens is 1. The number of aromatic amines is 1. The summed E-state index contributed by atoms with van der Waals surface area (Å²) in [7, 11) is -3.02. The number of carbonyl (C=O) groups is 5. The van der Waals surface area contributed by atoms with Gasteiger partial charge in [-0.05, 0) is 56.9 Å². The zero-order valence-corrected chi connectivity index (χ0v) is 26.8. The van der Waals surface area contributed by atoms with Crippen LogP contribution in [0.3, 0.4) is 0 Å². The number of hydrogen-bond donors (Lipinski definition) is 5. The van der Waals surface area contributed by atoms with Crippen LogP contribution in [-0.2, 0) is 18.9 Å². The van der Waals surface area contributed by atoms with Crippen LogP contribution >= 0.6 is 7.60 Å². The summed E-state index contributed by atoms with van der Waals surface area (Å²) in [5, 5.41) is 3.30. The monoisotopic (exact) mass is 646 g/mol. The standard InChI is InChI=1S/C20H34N4O3.C10H9N2O5P/c1-5-18(25)21-11-6-12-22(4)20(27)17-8-7-16-9-13-23(15(2)3)14-10-19(26)24(16)17;11-9(13)8-4-6-3-5(1-2-7(6)12-8)10(14)18(15,16)17/h16-17H,2,5-14H2,1,3-4H3,(H,21,25);1-4,12H,(H2,11,13)(H2,15,16,17). The van der Waals surface area contributed by atoms with E-state index in [1.54, 1.807) is 11.9 Å². The normalized spacial score (nSPS) is 18.3. The van der Waals surface area contributed by atoms with Crippen molar-refractivity contribution < 1.29 is 38.3 Å². The van der Waals surface area contributed by atoms with Crippen molar-refractivity contribution in [1.29, 1.82) is 0 Å². The number of benzene rings is 1. The average Bonchev–Trinajstić information content (AvgIpc) is 3.61. The van der Waals surface area contributed by atoms with Crippen LogP contribution in [0, 0.1) is 0 Å². The predicted octanol–water partition coefficient (Wildman–Crippen LogP) is 1.93. The molecule has 0 bridgehead atoms. The van der Waals surface area contributed by atoms with Gasteiger partial charge in [-0.3, -0.25) is 28.5 Å². The Bertz CT molecular complexity index is 1500. The molecule has 3 heterocycles. The molecule has 2 aromatic rings. The first kappa shape index (κ1) is 35.5. The minimum absolute atomic E-state index is 0.0185. The number of nitrogens with zero attached hydrogens (tertiary/aromatic N) is 3. The highest BCUT2D eigenvalue weighted by Gasteiger charge is 2.42. The Balaban J connectivity index is 0.000000265. The highest BCUT2D eigenvalue weighted by atomic mass is 31.2. The molecule has 4 amide bonds. The highest BCUT2D eigenvalue weighted by Crippen LogP contribution is 2.39. The summed E-state index contributed by atoms with van der Waals surface area (Å²) in [6, 6.07) is 5.23. The fraction of sp³-hybridized carbons (Fsp3) is 0.500. The maximum absolute atomic E-state index is 12.9. The van der Waals surface area contributed by atoms with E-state index < -0.39 is 19.0 Å². The third kappa shape index (κ3) is 9.25. The van der Waals surface area contributed by atoms with Gasteiger partial charge < -0.3 is 40.5 Å². The number of fused-ring (bicyclic) bond motifs is 2. The minimum Gasteiger partial charge on any atom is -0.375 e. The summed E-state index contributed by atoms with van der Waals surface area (Å²) in [4.78, 5) is 85.3. The molecule has 15 heteroatoms. The molecule has 0 spiro atoms. The molecule has 14 nitrogen and oxygen atoms in total. The first-order valence-electron chi connectivity index (χ1n) is 14.9. The van der Waals surface area contributed by atoms with E-state index in [1.807, 2.05) is 18.7 Å². The van der Waals surface area contributed by atoms with Gasteiger partial charge in [0.25, 0.3) is 11.4 Å². The second-order valence-corrected chi connectivity index (χ2v) is 12.8. The van der Waals surface area contributed by atoms with Gasteiger partial charge in [0.1, 0.15) is 11.7 Å². The van der Waals surface area contributed by atoms with Gasteiger partial charge >= 0.3 is 7.60 Å². The van der Waals surface area contributed by atoms with Gasteiger partial charge in [-0.2, -0.15) is 0 Å². The van der Waals surface area contributed by atoms with Gasteiger partial charge in [0, 0.05) is 74.3 Å². The molecule has 2 aliphatic heterocycles. The third-order valence-corrected chi connectivity index (χ3v) is 8.82. The third-order valence-electron chi connectivity index (χ3n) is 8.03. The fourth-order valence-electron chi connectivity index (χ4n) is 5.54. The number of H-pyrrole nitrogens is 1. The van der Waals surface area contributed by atoms with Gasteiger partial charge in [-0.15, -0.1) is 0 Å². The molecule has 2 aliphatic rings. The zero-order chi connectivity index (χ0) is 33.5. The van der Waals surface area contributed by atoms with Gasteiger partial charge in [0.15, 0.2) is 0 Å². The van der Waals surface area contributed by atoms with E-state index in [9.17, 15) is 28.5 Å². The molecule has 1 aromatic heterocycles. The summed E-state index contributed by atoms with van der Waals surface area (Å²) >= 11 is 0. The molecule has 1 aromatic carbocycles. The molecule has 0 saturated carbocycles. The second kappa shape index (κ2) is 15.3. The van der Waals surface area contributed by atoms with Gasteiger partial charge in [0.05, 0.1) is 0 Å². The second-order valence-electron chi connectivity index (χ2n) is 11.3. The first-order valence-corrected chi connectivity index (χ1v) is 16.5. The van der Waals surface area contributed by atoms with Crippen LogP contribution in [0.4, 0.5) is 0 Å². The summed E-state index contributed by atoms with van der Waals surface area (Å²) in [6.07, 6.45) is 4.12. The number of allylic oxidation sites excluding steroid dienone is 1. The predicted molar refractivity (Wildman–Crippen MR) is 168 cm³/mol. The number of likely N-dealkylation sites (N-methyl/N-ethyl adjacent to an activating group) is 1. The number of carbonyl (C=O) groups excluding carboxylic acids is 5. The molecule has 0 radical (unpaired) electrons. The van der Waals surface area contributed by atoms with Crippen LogP contribution in [0.2, 0.25) is 0 Å². The molecule has 2 saturated heterocycles. The van der Waals surface area contributed by atoms with Crippen molar-refractivity contribution >= 4 is 47.7 Å².